The lowest BCUT2D eigenvalue weighted by molar-refractivity contribution is -0.147. The first-order valence-corrected chi connectivity index (χ1v) is 14.1. The number of carbonyl (C=O) groups excluding carboxylic acids is 1. The van der Waals surface area contributed by atoms with E-state index in [9.17, 15) is 9.90 Å². The molecule has 4 rings (SSSR count). The van der Waals surface area contributed by atoms with Crippen molar-refractivity contribution < 1.29 is 14.6 Å². The number of esters is 1. The summed E-state index contributed by atoms with van der Waals surface area (Å²) in [6.07, 6.45) is 15.4. The van der Waals surface area contributed by atoms with Crippen molar-refractivity contribution in [1.29, 1.82) is 0 Å². The van der Waals surface area contributed by atoms with Gasteiger partial charge in [-0.2, -0.15) is 0 Å². The van der Waals surface area contributed by atoms with Crippen LogP contribution in [0.15, 0.2) is 35.5 Å². The second-order valence-corrected chi connectivity index (χ2v) is 12.7. The van der Waals surface area contributed by atoms with Crippen LogP contribution in [-0.2, 0) is 9.53 Å². The third-order valence-corrected chi connectivity index (χ3v) is 10.4. The van der Waals surface area contributed by atoms with E-state index >= 15 is 0 Å². The van der Waals surface area contributed by atoms with Gasteiger partial charge in [0.05, 0.1) is 12.7 Å². The van der Waals surface area contributed by atoms with E-state index in [0.717, 1.165) is 31.6 Å². The van der Waals surface area contributed by atoms with Gasteiger partial charge in [0.25, 0.3) is 0 Å². The maximum absolute atomic E-state index is 12.1. The fraction of sp³-hybridized carbons (Fsp3) is 0.774. The molecule has 190 valence electrons. The Kier molecular flexibility index (Phi) is 7.82. The van der Waals surface area contributed by atoms with Gasteiger partial charge in [-0.05, 0) is 92.8 Å². The molecule has 4 fully saturated rings. The van der Waals surface area contributed by atoms with Gasteiger partial charge >= 0.3 is 5.97 Å². The molecule has 0 aromatic carbocycles. The largest absolute Gasteiger partial charge is 0.462 e. The predicted molar refractivity (Wildman–Crippen MR) is 139 cm³/mol. The highest BCUT2D eigenvalue weighted by molar-refractivity contribution is 5.89. The smallest absolute Gasteiger partial charge is 0.333 e. The van der Waals surface area contributed by atoms with Crippen LogP contribution in [0.5, 0.6) is 0 Å². The Morgan fingerprint density at radius 3 is 2.56 bits per heavy atom. The number of aliphatic hydroxyl groups is 1. The van der Waals surface area contributed by atoms with Gasteiger partial charge in [0.15, 0.2) is 0 Å². The molecule has 1 heterocycles. The number of ether oxygens (including phenoxy) is 1. The van der Waals surface area contributed by atoms with E-state index in [-0.39, 0.29) is 18.0 Å². The zero-order chi connectivity index (χ0) is 24.6. The Morgan fingerprint density at radius 2 is 1.82 bits per heavy atom. The summed E-state index contributed by atoms with van der Waals surface area (Å²) in [5, 5.41) is 10.3. The summed E-state index contributed by atoms with van der Waals surface area (Å²) in [4.78, 5) is 12.1. The number of rotatable bonds is 5. The van der Waals surface area contributed by atoms with Crippen LogP contribution in [0.1, 0.15) is 92.4 Å². The molecule has 0 radical (unpaired) electrons. The summed E-state index contributed by atoms with van der Waals surface area (Å²) in [6.45, 7) is 16.3. The Morgan fingerprint density at radius 1 is 1.12 bits per heavy atom. The van der Waals surface area contributed by atoms with Gasteiger partial charge in [-0.3, -0.25) is 0 Å². The molecular weight excluding hydrogens is 420 g/mol. The quantitative estimate of drug-likeness (QED) is 0.341. The zero-order valence-electron chi connectivity index (χ0n) is 22.3. The predicted octanol–water partition coefficient (Wildman–Crippen LogP) is 7.26. The molecular formula is C31H48O3. The fourth-order valence-electron chi connectivity index (χ4n) is 8.51. The van der Waals surface area contributed by atoms with Crippen LogP contribution in [-0.4, -0.2) is 23.8 Å². The van der Waals surface area contributed by atoms with E-state index in [1.807, 2.05) is 0 Å². The van der Waals surface area contributed by atoms with E-state index in [0.29, 0.717) is 47.2 Å². The maximum Gasteiger partial charge on any atom is 0.333 e. The number of aliphatic hydroxyl groups excluding tert-OH is 1. The van der Waals surface area contributed by atoms with Crippen LogP contribution in [0.4, 0.5) is 0 Å². The molecule has 3 heteroatoms. The first-order chi connectivity index (χ1) is 16.1. The van der Waals surface area contributed by atoms with Gasteiger partial charge in [-0.1, -0.05) is 64.5 Å². The highest BCUT2D eigenvalue weighted by atomic mass is 16.5. The van der Waals surface area contributed by atoms with E-state index in [4.69, 9.17) is 4.74 Å². The van der Waals surface area contributed by atoms with Crippen molar-refractivity contribution in [3.63, 3.8) is 0 Å². The van der Waals surface area contributed by atoms with Crippen LogP contribution in [0.25, 0.3) is 0 Å². The fourth-order valence-corrected chi connectivity index (χ4v) is 8.51. The minimum Gasteiger partial charge on any atom is -0.462 e. The average molecular weight is 469 g/mol. The molecule has 3 aliphatic carbocycles. The molecule has 0 amide bonds. The molecule has 1 aliphatic heterocycles. The summed E-state index contributed by atoms with van der Waals surface area (Å²) in [6, 6.07) is 0. The standard InChI is InChI=1S/C31H48O3/c1-19(2)29-22(5)30(33)34-18-25(29)17-20(3)26-14-15-27-24(10-8-16-31(26,27)6)13-12-23-9-7-11-28(32)21(23)4/h12-13,19-21,25-29,32H,5,7-11,14-18H2,1-4,6H3/b23-12-,24-13+/t20-,21?,25?,26-,27+,28+,29?,31?/m1/s1. The Labute approximate surface area is 208 Å². The summed E-state index contributed by atoms with van der Waals surface area (Å²) in [5.41, 5.74) is 4.15. The van der Waals surface area contributed by atoms with Crippen LogP contribution in [0.3, 0.4) is 0 Å². The Balaban J connectivity index is 1.48. The summed E-state index contributed by atoms with van der Waals surface area (Å²) >= 11 is 0. The SMILES string of the molecule is C=C1C(=O)OCC(C[C@@H](C)[C@H]2CC[C@H]3/C(=C/C=C4/CCC[C@H](O)C4C)CCCC23C)C1C(C)C. The third kappa shape index (κ3) is 4.84. The maximum atomic E-state index is 12.1. The number of fused-ring (bicyclic) bond motifs is 1. The normalized spacial score (nSPS) is 42.2. The van der Waals surface area contributed by atoms with Gasteiger partial charge < -0.3 is 9.84 Å². The molecule has 0 aromatic heterocycles. The second-order valence-electron chi connectivity index (χ2n) is 12.7. The summed E-state index contributed by atoms with van der Waals surface area (Å²) in [7, 11) is 0. The summed E-state index contributed by atoms with van der Waals surface area (Å²) in [5.74, 6) is 3.20. The van der Waals surface area contributed by atoms with Gasteiger partial charge in [0.2, 0.25) is 0 Å². The van der Waals surface area contributed by atoms with E-state index in [1.54, 1.807) is 5.57 Å². The minimum atomic E-state index is -0.188. The van der Waals surface area contributed by atoms with Crippen molar-refractivity contribution >= 4 is 5.97 Å². The number of carbonyl (C=O) groups is 1. The summed E-state index contributed by atoms with van der Waals surface area (Å²) < 4.78 is 5.53. The molecule has 4 aliphatic rings. The second kappa shape index (κ2) is 10.3. The monoisotopic (exact) mass is 468 g/mol. The zero-order valence-corrected chi connectivity index (χ0v) is 22.3. The van der Waals surface area contributed by atoms with E-state index in [2.05, 4.69) is 53.3 Å². The molecule has 0 bridgehead atoms. The molecule has 3 saturated carbocycles. The first kappa shape index (κ1) is 25.7. The van der Waals surface area contributed by atoms with Crippen LogP contribution in [0.2, 0.25) is 0 Å². The van der Waals surface area contributed by atoms with Crippen molar-refractivity contribution in [2.75, 3.05) is 6.61 Å². The minimum absolute atomic E-state index is 0.170. The van der Waals surface area contributed by atoms with Gasteiger partial charge in [0, 0.05) is 17.4 Å². The molecule has 0 spiro atoms. The van der Waals surface area contributed by atoms with Crippen molar-refractivity contribution in [2.45, 2.75) is 98.5 Å². The first-order valence-electron chi connectivity index (χ1n) is 14.1. The molecule has 3 nitrogen and oxygen atoms in total. The number of cyclic esters (lactones) is 1. The Hall–Kier alpha value is -1.35. The highest BCUT2D eigenvalue weighted by Crippen LogP contribution is 2.60. The van der Waals surface area contributed by atoms with Crippen molar-refractivity contribution in [3.8, 4) is 0 Å². The van der Waals surface area contributed by atoms with Crippen LogP contribution < -0.4 is 0 Å². The highest BCUT2D eigenvalue weighted by Gasteiger charge is 2.51. The lowest BCUT2D eigenvalue weighted by Crippen LogP contribution is -2.40. The average Bonchev–Trinajstić information content (AvgIpc) is 3.14. The number of hydrogen-bond donors (Lipinski definition) is 1. The van der Waals surface area contributed by atoms with E-state index < -0.39 is 0 Å². The van der Waals surface area contributed by atoms with Gasteiger partial charge in [-0.25, -0.2) is 4.79 Å². The molecule has 34 heavy (non-hydrogen) atoms. The van der Waals surface area contributed by atoms with Crippen LogP contribution >= 0.6 is 0 Å². The molecule has 0 aromatic rings. The molecule has 1 N–H and O–H groups in total. The molecule has 1 saturated heterocycles. The van der Waals surface area contributed by atoms with Crippen molar-refractivity contribution in [1.82, 2.24) is 0 Å². The van der Waals surface area contributed by atoms with Crippen molar-refractivity contribution in [3.05, 3.63) is 35.5 Å². The van der Waals surface area contributed by atoms with Gasteiger partial charge in [-0.15, -0.1) is 0 Å². The molecule has 4 unspecified atom stereocenters. The van der Waals surface area contributed by atoms with Crippen LogP contribution in [0, 0.1) is 46.8 Å². The van der Waals surface area contributed by atoms with Crippen molar-refractivity contribution in [2.24, 2.45) is 46.8 Å². The lowest BCUT2D eigenvalue weighted by Gasteiger charge is -2.45. The van der Waals surface area contributed by atoms with Gasteiger partial charge in [0.1, 0.15) is 0 Å². The number of hydrogen-bond acceptors (Lipinski definition) is 3. The topological polar surface area (TPSA) is 46.5 Å². The third-order valence-electron chi connectivity index (χ3n) is 10.4. The Bertz CT molecular complexity index is 836. The van der Waals surface area contributed by atoms with E-state index in [1.165, 1.54) is 37.7 Å². The lowest BCUT2D eigenvalue weighted by atomic mass is 9.60. The molecule has 8 atom stereocenters. The number of allylic oxidation sites excluding steroid dienone is 3.